The van der Waals surface area contributed by atoms with Gasteiger partial charge in [0.2, 0.25) is 0 Å². The number of ether oxygens (including phenoxy) is 2. The van der Waals surface area contributed by atoms with E-state index in [1.165, 1.54) is 12.7 Å². The Labute approximate surface area is 169 Å². The maximum atomic E-state index is 12.7. The van der Waals surface area contributed by atoms with E-state index >= 15 is 0 Å². The van der Waals surface area contributed by atoms with Gasteiger partial charge in [-0.3, -0.25) is 9.69 Å². The number of nitrogen functional groups attached to an aromatic ring is 1. The van der Waals surface area contributed by atoms with Gasteiger partial charge in [-0.15, -0.1) is 0 Å². The molecule has 29 heavy (non-hydrogen) atoms. The summed E-state index contributed by atoms with van der Waals surface area (Å²) in [7, 11) is 3.10. The van der Waals surface area contributed by atoms with Crippen LogP contribution in [0.25, 0.3) is 11.0 Å². The SMILES string of the molecule is COc1cc(OC)c2c(=O)cc(N3CCN(Cc4ccc(N)cc4)CC3)oc2c1. The Morgan fingerprint density at radius 1 is 1.00 bits per heavy atom. The fourth-order valence-corrected chi connectivity index (χ4v) is 3.66. The Morgan fingerprint density at radius 3 is 2.38 bits per heavy atom. The van der Waals surface area contributed by atoms with Gasteiger partial charge in [0.05, 0.1) is 14.2 Å². The van der Waals surface area contributed by atoms with Crippen LogP contribution in [0.3, 0.4) is 0 Å². The molecule has 0 spiro atoms. The van der Waals surface area contributed by atoms with Crippen molar-refractivity contribution in [1.29, 1.82) is 0 Å². The number of benzene rings is 2. The summed E-state index contributed by atoms with van der Waals surface area (Å²) in [4.78, 5) is 17.2. The lowest BCUT2D eigenvalue weighted by atomic mass is 10.1. The summed E-state index contributed by atoms with van der Waals surface area (Å²) < 4.78 is 16.7. The van der Waals surface area contributed by atoms with Crippen LogP contribution in [0.5, 0.6) is 11.5 Å². The fourth-order valence-electron chi connectivity index (χ4n) is 3.66. The third kappa shape index (κ3) is 4.00. The molecule has 7 heteroatoms. The third-order valence-corrected chi connectivity index (χ3v) is 5.28. The van der Waals surface area contributed by atoms with Gasteiger partial charge in [0, 0.05) is 56.6 Å². The Balaban J connectivity index is 1.52. The highest BCUT2D eigenvalue weighted by atomic mass is 16.5. The first-order valence-corrected chi connectivity index (χ1v) is 9.59. The van der Waals surface area contributed by atoms with E-state index in [2.05, 4.69) is 21.9 Å². The first-order chi connectivity index (χ1) is 14.1. The number of nitrogens with zero attached hydrogens (tertiary/aromatic N) is 2. The molecule has 1 aromatic heterocycles. The predicted molar refractivity (Wildman–Crippen MR) is 114 cm³/mol. The smallest absolute Gasteiger partial charge is 0.200 e. The molecule has 0 unspecified atom stereocenters. The zero-order chi connectivity index (χ0) is 20.4. The molecule has 2 N–H and O–H groups in total. The molecule has 4 rings (SSSR count). The molecule has 1 fully saturated rings. The summed E-state index contributed by atoms with van der Waals surface area (Å²) >= 11 is 0. The maximum Gasteiger partial charge on any atom is 0.200 e. The van der Waals surface area contributed by atoms with Crippen molar-refractivity contribution in [2.45, 2.75) is 6.54 Å². The van der Waals surface area contributed by atoms with Gasteiger partial charge in [0.25, 0.3) is 0 Å². The molecule has 1 aliphatic heterocycles. The van der Waals surface area contributed by atoms with Crippen LogP contribution in [0.4, 0.5) is 11.6 Å². The molecule has 0 amide bonds. The highest BCUT2D eigenvalue weighted by Gasteiger charge is 2.21. The van der Waals surface area contributed by atoms with Gasteiger partial charge in [0.1, 0.15) is 22.5 Å². The maximum absolute atomic E-state index is 12.7. The third-order valence-electron chi connectivity index (χ3n) is 5.28. The molecular formula is C22H25N3O4. The Hall–Kier alpha value is -3.19. The number of piperazine rings is 1. The predicted octanol–water partition coefficient (Wildman–Crippen LogP) is 2.71. The lowest BCUT2D eigenvalue weighted by Crippen LogP contribution is -2.46. The largest absolute Gasteiger partial charge is 0.496 e. The molecule has 152 valence electrons. The van der Waals surface area contributed by atoms with E-state index in [1.807, 2.05) is 12.1 Å². The lowest BCUT2D eigenvalue weighted by Gasteiger charge is -2.35. The van der Waals surface area contributed by atoms with Crippen LogP contribution in [0, 0.1) is 0 Å². The Bertz CT molecular complexity index is 1050. The number of hydrogen-bond acceptors (Lipinski definition) is 7. The average molecular weight is 395 g/mol. The zero-order valence-corrected chi connectivity index (χ0v) is 16.7. The van der Waals surface area contributed by atoms with Crippen LogP contribution >= 0.6 is 0 Å². The molecule has 3 aromatic rings. The summed E-state index contributed by atoms with van der Waals surface area (Å²) in [5.41, 5.74) is 8.12. The van der Waals surface area contributed by atoms with Gasteiger partial charge in [-0.05, 0) is 17.7 Å². The van der Waals surface area contributed by atoms with Gasteiger partial charge < -0.3 is 24.5 Å². The minimum Gasteiger partial charge on any atom is -0.496 e. The van der Waals surface area contributed by atoms with E-state index in [4.69, 9.17) is 19.6 Å². The normalized spacial score (nSPS) is 14.9. The first-order valence-electron chi connectivity index (χ1n) is 9.59. The Kier molecular flexibility index (Phi) is 5.31. The molecule has 0 bridgehead atoms. The zero-order valence-electron chi connectivity index (χ0n) is 16.7. The van der Waals surface area contributed by atoms with Crippen molar-refractivity contribution in [3.8, 4) is 11.5 Å². The second-order valence-corrected chi connectivity index (χ2v) is 7.16. The van der Waals surface area contributed by atoms with Gasteiger partial charge in [-0.2, -0.15) is 0 Å². The summed E-state index contributed by atoms with van der Waals surface area (Å²) in [6.45, 7) is 4.21. The number of methoxy groups -OCH3 is 2. The van der Waals surface area contributed by atoms with Crippen molar-refractivity contribution >= 4 is 22.5 Å². The average Bonchev–Trinajstić information content (AvgIpc) is 2.74. The molecule has 0 atom stereocenters. The van der Waals surface area contributed by atoms with Crippen LogP contribution in [0.1, 0.15) is 5.56 Å². The van der Waals surface area contributed by atoms with Gasteiger partial charge in [-0.25, -0.2) is 0 Å². The molecule has 0 aliphatic carbocycles. The molecule has 0 saturated carbocycles. The first kappa shape index (κ1) is 19.1. The van der Waals surface area contributed by atoms with E-state index < -0.39 is 0 Å². The van der Waals surface area contributed by atoms with E-state index in [0.29, 0.717) is 28.4 Å². The van der Waals surface area contributed by atoms with Crippen molar-refractivity contribution in [3.63, 3.8) is 0 Å². The van der Waals surface area contributed by atoms with Crippen molar-refractivity contribution < 1.29 is 13.9 Å². The molecule has 1 saturated heterocycles. The second-order valence-electron chi connectivity index (χ2n) is 7.16. The summed E-state index contributed by atoms with van der Waals surface area (Å²) in [5.74, 6) is 1.61. The van der Waals surface area contributed by atoms with Gasteiger partial charge >= 0.3 is 0 Å². The van der Waals surface area contributed by atoms with E-state index in [9.17, 15) is 4.79 Å². The molecule has 2 heterocycles. The van der Waals surface area contributed by atoms with Crippen LogP contribution in [-0.2, 0) is 6.54 Å². The van der Waals surface area contributed by atoms with Crippen molar-refractivity contribution in [1.82, 2.24) is 4.90 Å². The topological polar surface area (TPSA) is 81.2 Å². The molecule has 1 aliphatic rings. The van der Waals surface area contributed by atoms with Crippen LogP contribution in [0.15, 0.2) is 51.7 Å². The molecule has 7 nitrogen and oxygen atoms in total. The van der Waals surface area contributed by atoms with E-state index in [0.717, 1.165) is 38.4 Å². The molecule has 0 radical (unpaired) electrons. The fraction of sp³-hybridized carbons (Fsp3) is 0.318. The van der Waals surface area contributed by atoms with Gasteiger partial charge in [0.15, 0.2) is 11.3 Å². The van der Waals surface area contributed by atoms with E-state index in [1.54, 1.807) is 25.3 Å². The summed E-state index contributed by atoms with van der Waals surface area (Å²) in [6.07, 6.45) is 0. The highest BCUT2D eigenvalue weighted by Crippen LogP contribution is 2.31. The second kappa shape index (κ2) is 8.05. The number of rotatable bonds is 5. The van der Waals surface area contributed by atoms with E-state index in [-0.39, 0.29) is 5.43 Å². The number of fused-ring (bicyclic) bond motifs is 1. The standard InChI is InChI=1S/C22H25N3O4/c1-27-17-11-19(28-2)22-18(26)13-21(29-20(22)12-17)25-9-7-24(8-10-25)14-15-3-5-16(23)6-4-15/h3-6,11-13H,7-10,14,23H2,1-2H3. The quantitative estimate of drug-likeness (QED) is 0.665. The lowest BCUT2D eigenvalue weighted by molar-refractivity contribution is 0.246. The molecular weight excluding hydrogens is 370 g/mol. The number of anilines is 2. The van der Waals surface area contributed by atoms with Crippen LogP contribution in [0.2, 0.25) is 0 Å². The minimum atomic E-state index is -0.120. The van der Waals surface area contributed by atoms with Gasteiger partial charge in [-0.1, -0.05) is 12.1 Å². The van der Waals surface area contributed by atoms with Crippen molar-refractivity contribution in [2.24, 2.45) is 0 Å². The van der Waals surface area contributed by atoms with Crippen LogP contribution < -0.4 is 25.5 Å². The summed E-state index contributed by atoms with van der Waals surface area (Å²) in [5, 5.41) is 0.430. The number of nitrogens with two attached hydrogens (primary N) is 1. The highest BCUT2D eigenvalue weighted by molar-refractivity contribution is 5.86. The Morgan fingerprint density at radius 2 is 1.72 bits per heavy atom. The number of hydrogen-bond donors (Lipinski definition) is 1. The van der Waals surface area contributed by atoms with Crippen LogP contribution in [-0.4, -0.2) is 45.3 Å². The van der Waals surface area contributed by atoms with Crippen molar-refractivity contribution in [2.75, 3.05) is 51.0 Å². The minimum absolute atomic E-state index is 0.120. The van der Waals surface area contributed by atoms with Crippen molar-refractivity contribution in [3.05, 3.63) is 58.3 Å². The monoisotopic (exact) mass is 395 g/mol. The summed E-state index contributed by atoms with van der Waals surface area (Å²) in [6, 6.07) is 12.9. The molecule has 2 aromatic carbocycles.